The van der Waals surface area contributed by atoms with E-state index in [0.29, 0.717) is 17.0 Å². The van der Waals surface area contributed by atoms with Crippen LogP contribution >= 0.6 is 0 Å². The van der Waals surface area contributed by atoms with Gasteiger partial charge in [0.05, 0.1) is 32.4 Å². The number of esters is 1. The van der Waals surface area contributed by atoms with Gasteiger partial charge in [0.1, 0.15) is 5.75 Å². The molecule has 0 fully saturated rings. The number of aliphatic hydroxyl groups excluding tert-OH is 1. The summed E-state index contributed by atoms with van der Waals surface area (Å²) in [5, 5.41) is 17.0. The second-order valence-electron chi connectivity index (χ2n) is 4.76. The van der Waals surface area contributed by atoms with Gasteiger partial charge in [-0.1, -0.05) is 0 Å². The van der Waals surface area contributed by atoms with Crippen molar-refractivity contribution in [3.05, 3.63) is 23.8 Å². The molecule has 24 heavy (non-hydrogen) atoms. The number of carbonyl (C=O) groups excluding carboxylic acids is 3. The Morgan fingerprint density at radius 2 is 1.96 bits per heavy atom. The molecule has 0 saturated carbocycles. The van der Waals surface area contributed by atoms with Crippen molar-refractivity contribution in [2.45, 2.75) is 12.5 Å². The molecule has 1 atom stereocenters. The van der Waals surface area contributed by atoms with Crippen molar-refractivity contribution < 1.29 is 29.0 Å². The van der Waals surface area contributed by atoms with Gasteiger partial charge in [0.25, 0.3) is 5.91 Å². The third-order valence-electron chi connectivity index (χ3n) is 3.07. The van der Waals surface area contributed by atoms with E-state index in [4.69, 9.17) is 4.74 Å². The van der Waals surface area contributed by atoms with Crippen molar-refractivity contribution in [1.82, 2.24) is 10.6 Å². The summed E-state index contributed by atoms with van der Waals surface area (Å²) in [5.41, 5.74) is 0.637. The minimum atomic E-state index is -1.07. The smallest absolute Gasteiger partial charge is 0.319 e. The molecule has 3 amide bonds. The maximum atomic E-state index is 11.9. The standard InChI is InChI=1S/C15H21N3O6/c1-16-14(21)9-4-5-12(23-2)11(6-9)18-15(22)17-8-10(19)7-13(20)24-3/h4-6,10,19H,7-8H2,1-3H3,(H,16,21)(H2,17,18,22). The molecule has 0 saturated heterocycles. The lowest BCUT2D eigenvalue weighted by Crippen LogP contribution is -2.36. The van der Waals surface area contributed by atoms with E-state index in [1.54, 1.807) is 12.1 Å². The highest BCUT2D eigenvalue weighted by Gasteiger charge is 2.14. The van der Waals surface area contributed by atoms with Gasteiger partial charge < -0.3 is 30.5 Å². The molecule has 0 aromatic heterocycles. The zero-order chi connectivity index (χ0) is 18.1. The largest absolute Gasteiger partial charge is 0.495 e. The van der Waals surface area contributed by atoms with Crippen molar-refractivity contribution in [3.63, 3.8) is 0 Å². The Labute approximate surface area is 139 Å². The number of rotatable bonds is 7. The summed E-state index contributed by atoms with van der Waals surface area (Å²) in [4.78, 5) is 34.5. The Bertz CT molecular complexity index is 605. The van der Waals surface area contributed by atoms with E-state index in [9.17, 15) is 19.5 Å². The molecule has 0 spiro atoms. The van der Waals surface area contributed by atoms with E-state index in [0.717, 1.165) is 0 Å². The number of anilines is 1. The first-order valence-corrected chi connectivity index (χ1v) is 7.11. The van der Waals surface area contributed by atoms with E-state index in [-0.39, 0.29) is 18.9 Å². The maximum Gasteiger partial charge on any atom is 0.319 e. The van der Waals surface area contributed by atoms with Gasteiger partial charge in [-0.25, -0.2) is 4.79 Å². The number of methoxy groups -OCH3 is 2. The lowest BCUT2D eigenvalue weighted by atomic mass is 10.1. The molecule has 1 unspecified atom stereocenters. The molecule has 4 N–H and O–H groups in total. The van der Waals surface area contributed by atoms with Gasteiger partial charge in [-0.05, 0) is 18.2 Å². The van der Waals surface area contributed by atoms with Crippen LogP contribution in [0.15, 0.2) is 18.2 Å². The van der Waals surface area contributed by atoms with Crippen LogP contribution in [0.5, 0.6) is 5.75 Å². The van der Waals surface area contributed by atoms with E-state index in [1.807, 2.05) is 0 Å². The molecule has 1 rings (SSSR count). The summed E-state index contributed by atoms with van der Waals surface area (Å²) < 4.78 is 9.54. The summed E-state index contributed by atoms with van der Waals surface area (Å²) in [5.74, 6) is -0.521. The van der Waals surface area contributed by atoms with Gasteiger partial charge in [0.2, 0.25) is 0 Å². The second-order valence-corrected chi connectivity index (χ2v) is 4.76. The lowest BCUT2D eigenvalue weighted by molar-refractivity contribution is -0.142. The van der Waals surface area contributed by atoms with Crippen molar-refractivity contribution >= 4 is 23.6 Å². The molecular formula is C15H21N3O6. The van der Waals surface area contributed by atoms with Crippen LogP contribution in [0, 0.1) is 0 Å². The highest BCUT2D eigenvalue weighted by molar-refractivity contribution is 5.97. The van der Waals surface area contributed by atoms with Crippen LogP contribution in [0.4, 0.5) is 10.5 Å². The predicted molar refractivity (Wildman–Crippen MR) is 86.0 cm³/mol. The molecule has 0 heterocycles. The molecular weight excluding hydrogens is 318 g/mol. The number of amides is 3. The molecule has 132 valence electrons. The summed E-state index contributed by atoms with van der Waals surface area (Å²) in [7, 11) is 4.13. The average molecular weight is 339 g/mol. The summed E-state index contributed by atoms with van der Waals surface area (Å²) >= 11 is 0. The topological polar surface area (TPSA) is 126 Å². The molecule has 9 heteroatoms. The lowest BCUT2D eigenvalue weighted by Gasteiger charge is -2.14. The van der Waals surface area contributed by atoms with Crippen LogP contribution in [0.2, 0.25) is 0 Å². The van der Waals surface area contributed by atoms with Crippen LogP contribution < -0.4 is 20.7 Å². The minimum absolute atomic E-state index is 0.140. The van der Waals surface area contributed by atoms with E-state index >= 15 is 0 Å². The Morgan fingerprint density at radius 1 is 1.25 bits per heavy atom. The number of benzene rings is 1. The highest BCUT2D eigenvalue weighted by Crippen LogP contribution is 2.25. The van der Waals surface area contributed by atoms with Gasteiger partial charge in [-0.2, -0.15) is 0 Å². The summed E-state index contributed by atoms with van der Waals surface area (Å²) in [6.07, 6.45) is -1.30. The summed E-state index contributed by atoms with van der Waals surface area (Å²) in [6.45, 7) is -0.140. The molecule has 1 aromatic rings. The normalized spacial score (nSPS) is 11.2. The zero-order valence-corrected chi connectivity index (χ0v) is 13.7. The fourth-order valence-electron chi connectivity index (χ4n) is 1.82. The Kier molecular flexibility index (Phi) is 7.50. The van der Waals surface area contributed by atoms with Crippen LogP contribution in [-0.2, 0) is 9.53 Å². The quantitative estimate of drug-likeness (QED) is 0.522. The van der Waals surface area contributed by atoms with Crippen LogP contribution in [0.25, 0.3) is 0 Å². The van der Waals surface area contributed by atoms with E-state index in [1.165, 1.54) is 27.3 Å². The molecule has 0 aliphatic heterocycles. The summed E-state index contributed by atoms with van der Waals surface area (Å²) in [6, 6.07) is 3.95. The first kappa shape index (κ1) is 19.2. The van der Waals surface area contributed by atoms with Gasteiger partial charge >= 0.3 is 12.0 Å². The fourth-order valence-corrected chi connectivity index (χ4v) is 1.82. The Morgan fingerprint density at radius 3 is 2.54 bits per heavy atom. The number of aliphatic hydroxyl groups is 1. The number of nitrogens with one attached hydrogen (secondary N) is 3. The third kappa shape index (κ3) is 5.76. The Hall–Kier alpha value is -2.81. The first-order valence-electron chi connectivity index (χ1n) is 7.11. The first-order chi connectivity index (χ1) is 11.4. The molecule has 0 aliphatic carbocycles. The van der Waals surface area contributed by atoms with E-state index in [2.05, 4.69) is 20.7 Å². The fraction of sp³-hybridized carbons (Fsp3) is 0.400. The highest BCUT2D eigenvalue weighted by atomic mass is 16.5. The minimum Gasteiger partial charge on any atom is -0.495 e. The average Bonchev–Trinajstić information content (AvgIpc) is 2.59. The van der Waals surface area contributed by atoms with Gasteiger partial charge in [-0.3, -0.25) is 9.59 Å². The second kappa shape index (κ2) is 9.36. The number of ether oxygens (including phenoxy) is 2. The number of urea groups is 1. The third-order valence-corrected chi connectivity index (χ3v) is 3.07. The van der Waals surface area contributed by atoms with Gasteiger partial charge in [0, 0.05) is 19.2 Å². The maximum absolute atomic E-state index is 11.9. The van der Waals surface area contributed by atoms with Crippen LogP contribution in [0.1, 0.15) is 16.8 Å². The Balaban J connectivity index is 2.68. The van der Waals surface area contributed by atoms with Crippen molar-refractivity contribution in [2.75, 3.05) is 33.1 Å². The van der Waals surface area contributed by atoms with Crippen LogP contribution in [-0.4, -0.2) is 56.9 Å². The monoisotopic (exact) mass is 339 g/mol. The van der Waals surface area contributed by atoms with Crippen molar-refractivity contribution in [2.24, 2.45) is 0 Å². The number of hydrogen-bond donors (Lipinski definition) is 4. The SMILES string of the molecule is CNC(=O)c1ccc(OC)c(NC(=O)NCC(O)CC(=O)OC)c1. The number of hydrogen-bond acceptors (Lipinski definition) is 6. The molecule has 0 aliphatic rings. The molecule has 9 nitrogen and oxygen atoms in total. The molecule has 1 aromatic carbocycles. The van der Waals surface area contributed by atoms with E-state index < -0.39 is 18.1 Å². The van der Waals surface area contributed by atoms with Crippen molar-refractivity contribution in [3.8, 4) is 5.75 Å². The van der Waals surface area contributed by atoms with Gasteiger partial charge in [-0.15, -0.1) is 0 Å². The zero-order valence-electron chi connectivity index (χ0n) is 13.7. The number of carbonyl (C=O) groups is 3. The van der Waals surface area contributed by atoms with Crippen LogP contribution in [0.3, 0.4) is 0 Å². The molecule has 0 bridgehead atoms. The van der Waals surface area contributed by atoms with Crippen molar-refractivity contribution in [1.29, 1.82) is 0 Å². The molecule has 0 radical (unpaired) electrons. The predicted octanol–water partition coefficient (Wildman–Crippen LogP) is 0.100. The van der Waals surface area contributed by atoms with Gasteiger partial charge in [0.15, 0.2) is 0 Å².